The molecule has 172 valence electrons. The van der Waals surface area contributed by atoms with E-state index >= 15 is 0 Å². The lowest BCUT2D eigenvalue weighted by molar-refractivity contribution is -0.126. The predicted molar refractivity (Wildman–Crippen MR) is 130 cm³/mol. The van der Waals surface area contributed by atoms with Crippen LogP contribution in [0, 0.1) is 5.82 Å². The summed E-state index contributed by atoms with van der Waals surface area (Å²) in [7, 11) is 0. The lowest BCUT2D eigenvalue weighted by atomic mass is 9.94. The van der Waals surface area contributed by atoms with Gasteiger partial charge in [-0.25, -0.2) is 4.39 Å². The zero-order valence-corrected chi connectivity index (χ0v) is 19.4. The van der Waals surface area contributed by atoms with E-state index < -0.39 is 6.04 Å². The second kappa shape index (κ2) is 11.2. The summed E-state index contributed by atoms with van der Waals surface area (Å²) in [5.74, 6) is -0.758. The molecule has 0 aliphatic heterocycles. The van der Waals surface area contributed by atoms with Gasteiger partial charge in [-0.15, -0.1) is 11.3 Å². The molecule has 1 aromatic heterocycles. The van der Waals surface area contributed by atoms with Crippen molar-refractivity contribution in [2.45, 2.75) is 50.6 Å². The number of hydrogen-bond acceptors (Lipinski definition) is 3. The normalized spacial score (nSPS) is 15.1. The standard InChI is InChI=1S/C27H29FN2O2S/c28-22-15-13-21(14-16-22)25(26(31)29-23-10-5-2-6-11-23)30(27(32)24-12-7-19-33-24)18-17-20-8-3-1-4-9-20/h1,3-4,7-9,12-16,19,23,25H,2,5-6,10-11,17-18H2,(H,29,31)/t25-/m1/s1. The molecule has 1 saturated carbocycles. The van der Waals surface area contributed by atoms with Gasteiger partial charge < -0.3 is 10.2 Å². The van der Waals surface area contributed by atoms with Gasteiger partial charge in [0.15, 0.2) is 0 Å². The number of nitrogens with one attached hydrogen (secondary N) is 1. The fraction of sp³-hybridized carbons (Fsp3) is 0.333. The van der Waals surface area contributed by atoms with Crippen LogP contribution in [0.5, 0.6) is 0 Å². The van der Waals surface area contributed by atoms with Gasteiger partial charge in [-0.3, -0.25) is 9.59 Å². The lowest BCUT2D eigenvalue weighted by Crippen LogP contribution is -2.47. The summed E-state index contributed by atoms with van der Waals surface area (Å²) in [5.41, 5.74) is 1.70. The summed E-state index contributed by atoms with van der Waals surface area (Å²) in [4.78, 5) is 29.4. The summed E-state index contributed by atoms with van der Waals surface area (Å²) >= 11 is 1.36. The number of amides is 2. The van der Waals surface area contributed by atoms with E-state index in [2.05, 4.69) is 5.32 Å². The minimum absolute atomic E-state index is 0.113. The van der Waals surface area contributed by atoms with Gasteiger partial charge >= 0.3 is 0 Å². The molecule has 6 heteroatoms. The molecule has 3 aromatic rings. The van der Waals surface area contributed by atoms with Crippen LogP contribution in [0.15, 0.2) is 72.1 Å². The molecule has 1 aliphatic rings. The van der Waals surface area contributed by atoms with Gasteiger partial charge in [-0.05, 0) is 54.0 Å². The molecule has 1 atom stereocenters. The summed E-state index contributed by atoms with van der Waals surface area (Å²) in [6, 6.07) is 18.7. The number of thiophene rings is 1. The first-order valence-corrected chi connectivity index (χ1v) is 12.4. The molecule has 2 aromatic carbocycles. The van der Waals surface area contributed by atoms with Crippen molar-refractivity contribution in [2.24, 2.45) is 0 Å². The topological polar surface area (TPSA) is 49.4 Å². The van der Waals surface area contributed by atoms with Crippen LogP contribution in [-0.2, 0) is 11.2 Å². The van der Waals surface area contributed by atoms with E-state index in [9.17, 15) is 14.0 Å². The summed E-state index contributed by atoms with van der Waals surface area (Å²) in [5, 5.41) is 5.05. The molecule has 0 unspecified atom stereocenters. The summed E-state index contributed by atoms with van der Waals surface area (Å²) < 4.78 is 13.7. The average Bonchev–Trinajstić information content (AvgIpc) is 3.38. The van der Waals surface area contributed by atoms with Crippen molar-refractivity contribution in [1.29, 1.82) is 0 Å². The quantitative estimate of drug-likeness (QED) is 0.461. The molecule has 2 amide bonds. The Morgan fingerprint density at radius 1 is 0.970 bits per heavy atom. The first-order valence-electron chi connectivity index (χ1n) is 11.6. The lowest BCUT2D eigenvalue weighted by Gasteiger charge is -2.33. The van der Waals surface area contributed by atoms with Crippen LogP contribution in [-0.4, -0.2) is 29.3 Å². The maximum Gasteiger partial charge on any atom is 0.264 e. The molecule has 0 radical (unpaired) electrons. The van der Waals surface area contributed by atoms with Crippen molar-refractivity contribution >= 4 is 23.2 Å². The third kappa shape index (κ3) is 6.08. The van der Waals surface area contributed by atoms with Gasteiger partial charge in [-0.2, -0.15) is 0 Å². The Morgan fingerprint density at radius 3 is 2.36 bits per heavy atom. The number of halogens is 1. The van der Waals surface area contributed by atoms with Gasteiger partial charge in [0.05, 0.1) is 4.88 Å². The van der Waals surface area contributed by atoms with E-state index in [4.69, 9.17) is 0 Å². The minimum atomic E-state index is -0.828. The third-order valence-electron chi connectivity index (χ3n) is 6.17. The number of benzene rings is 2. The fourth-order valence-corrected chi connectivity index (χ4v) is 5.11. The Kier molecular flexibility index (Phi) is 7.89. The summed E-state index contributed by atoms with van der Waals surface area (Å²) in [6.07, 6.45) is 5.89. The Hall–Kier alpha value is -2.99. The summed E-state index contributed by atoms with van der Waals surface area (Å²) in [6.45, 7) is 0.376. The first kappa shape index (κ1) is 23.2. The Balaban J connectivity index is 1.66. The fourth-order valence-electron chi connectivity index (χ4n) is 4.43. The van der Waals surface area contributed by atoms with Gasteiger partial charge in [0.1, 0.15) is 11.9 Å². The maximum absolute atomic E-state index is 13.7. The highest BCUT2D eigenvalue weighted by molar-refractivity contribution is 7.12. The van der Waals surface area contributed by atoms with Crippen LogP contribution in [0.1, 0.15) is 58.9 Å². The molecule has 1 heterocycles. The van der Waals surface area contributed by atoms with E-state index in [1.165, 1.54) is 29.9 Å². The number of hydrogen-bond donors (Lipinski definition) is 1. The van der Waals surface area contributed by atoms with Crippen LogP contribution in [0.2, 0.25) is 0 Å². The van der Waals surface area contributed by atoms with E-state index in [0.29, 0.717) is 23.4 Å². The molecular weight excluding hydrogens is 435 g/mol. The predicted octanol–water partition coefficient (Wildman–Crippen LogP) is 5.76. The maximum atomic E-state index is 13.7. The largest absolute Gasteiger partial charge is 0.351 e. The van der Waals surface area contributed by atoms with Crippen molar-refractivity contribution in [3.05, 3.63) is 93.9 Å². The molecule has 0 bridgehead atoms. The van der Waals surface area contributed by atoms with Gasteiger partial charge in [0.2, 0.25) is 5.91 Å². The molecule has 4 rings (SSSR count). The average molecular weight is 465 g/mol. The molecule has 1 N–H and O–H groups in total. The molecule has 0 spiro atoms. The zero-order valence-electron chi connectivity index (χ0n) is 18.6. The van der Waals surface area contributed by atoms with Crippen LogP contribution in [0.4, 0.5) is 4.39 Å². The minimum Gasteiger partial charge on any atom is -0.351 e. The second-order valence-electron chi connectivity index (χ2n) is 8.51. The van der Waals surface area contributed by atoms with Crippen molar-refractivity contribution in [1.82, 2.24) is 10.2 Å². The number of nitrogens with zero attached hydrogens (tertiary/aromatic N) is 1. The van der Waals surface area contributed by atoms with Crippen LogP contribution in [0.3, 0.4) is 0 Å². The molecule has 33 heavy (non-hydrogen) atoms. The van der Waals surface area contributed by atoms with Crippen molar-refractivity contribution < 1.29 is 14.0 Å². The SMILES string of the molecule is O=C(NC1CCCCC1)[C@@H](c1ccc(F)cc1)N(CCc1ccccc1)C(=O)c1cccs1. The third-order valence-corrected chi connectivity index (χ3v) is 7.03. The van der Waals surface area contributed by atoms with Crippen molar-refractivity contribution in [3.63, 3.8) is 0 Å². The first-order chi connectivity index (χ1) is 16.1. The van der Waals surface area contributed by atoms with E-state index in [0.717, 1.165) is 31.2 Å². The van der Waals surface area contributed by atoms with E-state index in [1.54, 1.807) is 23.1 Å². The highest BCUT2D eigenvalue weighted by atomic mass is 32.1. The Labute approximate surface area is 198 Å². The highest BCUT2D eigenvalue weighted by Gasteiger charge is 2.33. The number of rotatable bonds is 8. The van der Waals surface area contributed by atoms with Crippen molar-refractivity contribution in [2.75, 3.05) is 6.54 Å². The number of carbonyl (C=O) groups is 2. The van der Waals surface area contributed by atoms with Crippen LogP contribution < -0.4 is 5.32 Å². The van der Waals surface area contributed by atoms with E-state index in [1.807, 2.05) is 41.8 Å². The molecule has 4 nitrogen and oxygen atoms in total. The van der Waals surface area contributed by atoms with Gasteiger partial charge in [-0.1, -0.05) is 67.8 Å². The molecule has 1 aliphatic carbocycles. The smallest absolute Gasteiger partial charge is 0.264 e. The van der Waals surface area contributed by atoms with Crippen LogP contribution in [0.25, 0.3) is 0 Å². The molecular formula is C27H29FN2O2S. The number of carbonyl (C=O) groups excluding carboxylic acids is 2. The Bertz CT molecular complexity index is 1030. The highest BCUT2D eigenvalue weighted by Crippen LogP contribution is 2.27. The van der Waals surface area contributed by atoms with Crippen LogP contribution >= 0.6 is 11.3 Å². The molecule has 0 saturated heterocycles. The van der Waals surface area contributed by atoms with E-state index in [-0.39, 0.29) is 23.7 Å². The zero-order chi connectivity index (χ0) is 23.0. The monoisotopic (exact) mass is 464 g/mol. The second-order valence-corrected chi connectivity index (χ2v) is 9.46. The molecule has 1 fully saturated rings. The Morgan fingerprint density at radius 2 is 1.70 bits per heavy atom. The van der Waals surface area contributed by atoms with Crippen molar-refractivity contribution in [3.8, 4) is 0 Å². The van der Waals surface area contributed by atoms with Gasteiger partial charge in [0.25, 0.3) is 5.91 Å². The van der Waals surface area contributed by atoms with Gasteiger partial charge in [0, 0.05) is 12.6 Å².